The molecule has 7 heteroatoms. The van der Waals surface area contributed by atoms with Gasteiger partial charge in [0.15, 0.2) is 0 Å². The van der Waals surface area contributed by atoms with Crippen molar-refractivity contribution in [3.63, 3.8) is 0 Å². The van der Waals surface area contributed by atoms with E-state index in [1.165, 1.54) is 30.8 Å². The lowest BCUT2D eigenvalue weighted by molar-refractivity contribution is 0.0600. The molecule has 7 nitrogen and oxygen atoms in total. The van der Waals surface area contributed by atoms with Crippen molar-refractivity contribution in [1.82, 2.24) is 9.78 Å². The number of rotatable bonds is 4. The lowest BCUT2D eigenvalue weighted by Gasteiger charge is -2.07. The zero-order valence-corrected chi connectivity index (χ0v) is 17.0. The second kappa shape index (κ2) is 8.23. The van der Waals surface area contributed by atoms with Crippen LogP contribution >= 0.6 is 0 Å². The number of anilines is 1. The molecule has 0 radical (unpaired) electrons. The molecule has 0 aliphatic carbocycles. The first kappa shape index (κ1) is 20.0. The highest BCUT2D eigenvalue weighted by Crippen LogP contribution is 2.30. The molecule has 4 rings (SSSR count). The Bertz CT molecular complexity index is 1290. The quantitative estimate of drug-likeness (QED) is 0.501. The Labute approximate surface area is 178 Å². The molecule has 1 heterocycles. The van der Waals surface area contributed by atoms with Crippen LogP contribution in [-0.4, -0.2) is 34.7 Å². The molecule has 3 aromatic carbocycles. The van der Waals surface area contributed by atoms with Crippen LogP contribution in [0.1, 0.15) is 32.4 Å². The Morgan fingerprint density at radius 2 is 1.58 bits per heavy atom. The third-order valence-corrected chi connectivity index (χ3v) is 4.85. The Hall–Kier alpha value is -4.26. The Morgan fingerprint density at radius 3 is 2.23 bits per heavy atom. The Balaban J connectivity index is 1.68. The smallest absolute Gasteiger partial charge is 0.337 e. The molecule has 0 aliphatic rings. The minimum absolute atomic E-state index is 0.199. The maximum absolute atomic E-state index is 12.7. The summed E-state index contributed by atoms with van der Waals surface area (Å²) in [4.78, 5) is 36.3. The van der Waals surface area contributed by atoms with Crippen LogP contribution in [0, 0.1) is 0 Å². The van der Waals surface area contributed by atoms with Crippen LogP contribution in [0.25, 0.3) is 22.2 Å². The lowest BCUT2D eigenvalue weighted by atomic mass is 10.1. The molecule has 0 saturated heterocycles. The number of esters is 1. The SMILES string of the molecule is COC(=O)c1ccc(C(=O)Nc2ccc3c(c2)c(-c2ccccc2)nn3C(C)=O)cc1. The molecule has 0 aliphatic heterocycles. The van der Waals surface area contributed by atoms with Gasteiger partial charge in [0.05, 0.1) is 18.2 Å². The fourth-order valence-electron chi connectivity index (χ4n) is 3.32. The normalized spacial score (nSPS) is 10.6. The van der Waals surface area contributed by atoms with Crippen molar-refractivity contribution in [2.24, 2.45) is 0 Å². The maximum Gasteiger partial charge on any atom is 0.337 e. The zero-order valence-electron chi connectivity index (χ0n) is 17.0. The summed E-state index contributed by atoms with van der Waals surface area (Å²) < 4.78 is 6.02. The standard InChI is InChI=1S/C24H19N3O4/c1-15(28)27-21-13-12-19(14-20(21)22(26-27)16-6-4-3-5-7-16)25-23(29)17-8-10-18(11-9-17)24(30)31-2/h3-14H,1-2H3,(H,25,29). The van der Waals surface area contributed by atoms with Gasteiger partial charge in [0.2, 0.25) is 5.91 Å². The van der Waals surface area contributed by atoms with Crippen molar-refractivity contribution in [3.05, 3.63) is 83.9 Å². The van der Waals surface area contributed by atoms with E-state index in [1.54, 1.807) is 30.3 Å². The van der Waals surface area contributed by atoms with Gasteiger partial charge in [-0.15, -0.1) is 0 Å². The first-order valence-electron chi connectivity index (χ1n) is 9.57. The van der Waals surface area contributed by atoms with Crippen molar-refractivity contribution < 1.29 is 19.1 Å². The summed E-state index contributed by atoms with van der Waals surface area (Å²) in [6, 6.07) is 21.0. The topological polar surface area (TPSA) is 90.3 Å². The highest BCUT2D eigenvalue weighted by atomic mass is 16.5. The van der Waals surface area contributed by atoms with Gasteiger partial charge in [-0.1, -0.05) is 30.3 Å². The summed E-state index contributed by atoms with van der Waals surface area (Å²) in [5.41, 5.74) is 3.51. The Morgan fingerprint density at radius 1 is 0.903 bits per heavy atom. The van der Waals surface area contributed by atoms with Gasteiger partial charge in [-0.25, -0.2) is 4.79 Å². The number of amides is 1. The maximum atomic E-state index is 12.7. The van der Waals surface area contributed by atoms with E-state index in [4.69, 9.17) is 0 Å². The second-order valence-electron chi connectivity index (χ2n) is 6.90. The van der Waals surface area contributed by atoms with E-state index in [-0.39, 0.29) is 11.8 Å². The van der Waals surface area contributed by atoms with Gasteiger partial charge in [0, 0.05) is 29.1 Å². The van der Waals surface area contributed by atoms with Crippen molar-refractivity contribution in [2.45, 2.75) is 6.92 Å². The number of hydrogen-bond donors (Lipinski definition) is 1. The summed E-state index contributed by atoms with van der Waals surface area (Å²) in [5.74, 6) is -0.987. The van der Waals surface area contributed by atoms with Gasteiger partial charge in [0.25, 0.3) is 5.91 Å². The number of benzene rings is 3. The van der Waals surface area contributed by atoms with E-state index < -0.39 is 5.97 Å². The van der Waals surface area contributed by atoms with Gasteiger partial charge in [-0.05, 0) is 42.5 Å². The number of hydrogen-bond acceptors (Lipinski definition) is 5. The number of nitrogens with one attached hydrogen (secondary N) is 1. The number of fused-ring (bicyclic) bond motifs is 1. The average molecular weight is 413 g/mol. The molecular weight excluding hydrogens is 394 g/mol. The van der Waals surface area contributed by atoms with E-state index >= 15 is 0 Å². The fourth-order valence-corrected chi connectivity index (χ4v) is 3.32. The van der Waals surface area contributed by atoms with Crippen molar-refractivity contribution in [1.29, 1.82) is 0 Å². The molecule has 0 unspecified atom stereocenters. The second-order valence-corrected chi connectivity index (χ2v) is 6.90. The highest BCUT2D eigenvalue weighted by molar-refractivity contribution is 6.07. The number of aromatic nitrogens is 2. The van der Waals surface area contributed by atoms with Crippen molar-refractivity contribution in [2.75, 3.05) is 12.4 Å². The summed E-state index contributed by atoms with van der Waals surface area (Å²) in [5, 5.41) is 8.09. The predicted octanol–water partition coefficient (Wildman–Crippen LogP) is 4.40. The molecule has 1 aromatic heterocycles. The lowest BCUT2D eigenvalue weighted by Crippen LogP contribution is -2.12. The monoisotopic (exact) mass is 413 g/mol. The first-order valence-corrected chi connectivity index (χ1v) is 9.57. The van der Waals surface area contributed by atoms with Crippen molar-refractivity contribution >= 4 is 34.4 Å². The molecule has 4 aromatic rings. The van der Waals surface area contributed by atoms with Crippen LogP contribution in [0.5, 0.6) is 0 Å². The number of carbonyl (C=O) groups excluding carboxylic acids is 3. The summed E-state index contributed by atoms with van der Waals surface area (Å²) >= 11 is 0. The van der Waals surface area contributed by atoms with Crippen LogP contribution in [0.15, 0.2) is 72.8 Å². The summed E-state index contributed by atoms with van der Waals surface area (Å²) in [7, 11) is 1.30. The number of carbonyl (C=O) groups is 3. The predicted molar refractivity (Wildman–Crippen MR) is 117 cm³/mol. The summed E-state index contributed by atoms with van der Waals surface area (Å²) in [6.07, 6.45) is 0. The van der Waals surface area contributed by atoms with E-state index in [0.717, 1.165) is 10.9 Å². The molecule has 0 fully saturated rings. The number of methoxy groups -OCH3 is 1. The third kappa shape index (κ3) is 3.93. The molecule has 0 atom stereocenters. The first-order chi connectivity index (χ1) is 15.0. The van der Waals surface area contributed by atoms with Gasteiger partial charge in [0.1, 0.15) is 5.69 Å². The van der Waals surface area contributed by atoms with E-state index in [1.807, 2.05) is 30.3 Å². The van der Waals surface area contributed by atoms with Gasteiger partial charge < -0.3 is 10.1 Å². The molecule has 154 valence electrons. The average Bonchev–Trinajstić information content (AvgIpc) is 3.18. The molecular formula is C24H19N3O4. The van der Waals surface area contributed by atoms with Crippen LogP contribution in [0.2, 0.25) is 0 Å². The number of nitrogens with zero attached hydrogens (tertiary/aromatic N) is 2. The van der Waals surface area contributed by atoms with E-state index in [0.29, 0.717) is 28.0 Å². The van der Waals surface area contributed by atoms with Crippen LogP contribution < -0.4 is 5.32 Å². The number of ether oxygens (including phenoxy) is 1. The van der Waals surface area contributed by atoms with Gasteiger partial charge in [-0.3, -0.25) is 9.59 Å². The fraction of sp³-hybridized carbons (Fsp3) is 0.0833. The molecule has 1 N–H and O–H groups in total. The van der Waals surface area contributed by atoms with Crippen LogP contribution in [-0.2, 0) is 4.74 Å². The zero-order chi connectivity index (χ0) is 22.0. The summed E-state index contributed by atoms with van der Waals surface area (Å²) in [6.45, 7) is 1.45. The minimum atomic E-state index is -0.465. The molecule has 0 spiro atoms. The molecule has 0 bridgehead atoms. The molecule has 0 saturated carbocycles. The molecule has 31 heavy (non-hydrogen) atoms. The largest absolute Gasteiger partial charge is 0.465 e. The minimum Gasteiger partial charge on any atom is -0.465 e. The Kier molecular flexibility index (Phi) is 5.32. The van der Waals surface area contributed by atoms with Crippen molar-refractivity contribution in [3.8, 4) is 11.3 Å². The molecule has 1 amide bonds. The van der Waals surface area contributed by atoms with Gasteiger partial charge >= 0.3 is 5.97 Å². The van der Waals surface area contributed by atoms with Gasteiger partial charge in [-0.2, -0.15) is 9.78 Å². The van der Waals surface area contributed by atoms with E-state index in [9.17, 15) is 14.4 Å². The van der Waals surface area contributed by atoms with Crippen LogP contribution in [0.4, 0.5) is 5.69 Å². The highest BCUT2D eigenvalue weighted by Gasteiger charge is 2.16. The van der Waals surface area contributed by atoms with Crippen LogP contribution in [0.3, 0.4) is 0 Å². The van der Waals surface area contributed by atoms with E-state index in [2.05, 4.69) is 15.2 Å². The third-order valence-electron chi connectivity index (χ3n) is 4.85.